The standard InChI is InChI=1S/C15H22N2O2.ClH/c1-17(11-13-8-5-9-19-13)15(18)14(16)10-12-6-3-2-4-7-12;/h2-4,6-7,13-14H,5,8-11,16H2,1H3;1H/t13?,14-;/m0./s1. The summed E-state index contributed by atoms with van der Waals surface area (Å²) in [6.45, 7) is 1.45. The van der Waals surface area contributed by atoms with E-state index in [0.717, 1.165) is 25.0 Å². The molecule has 5 heteroatoms. The van der Waals surface area contributed by atoms with E-state index >= 15 is 0 Å². The molecular formula is C15H23ClN2O2. The van der Waals surface area contributed by atoms with Crippen molar-refractivity contribution in [2.24, 2.45) is 5.73 Å². The van der Waals surface area contributed by atoms with Gasteiger partial charge in [0.1, 0.15) is 0 Å². The second-order valence-corrected chi connectivity index (χ2v) is 5.15. The van der Waals surface area contributed by atoms with Gasteiger partial charge in [-0.25, -0.2) is 0 Å². The van der Waals surface area contributed by atoms with Crippen LogP contribution in [0.1, 0.15) is 18.4 Å². The number of rotatable bonds is 5. The topological polar surface area (TPSA) is 55.6 Å². The molecule has 2 rings (SSSR count). The van der Waals surface area contributed by atoms with Crippen LogP contribution in [0.5, 0.6) is 0 Å². The van der Waals surface area contributed by atoms with Crippen molar-refractivity contribution in [3.8, 4) is 0 Å². The van der Waals surface area contributed by atoms with Gasteiger partial charge in [0.15, 0.2) is 0 Å². The van der Waals surface area contributed by atoms with Gasteiger partial charge in [0, 0.05) is 20.2 Å². The first-order valence-electron chi connectivity index (χ1n) is 6.83. The number of amides is 1. The first-order chi connectivity index (χ1) is 9.16. The minimum atomic E-state index is -0.478. The summed E-state index contributed by atoms with van der Waals surface area (Å²) in [6, 6.07) is 9.39. The van der Waals surface area contributed by atoms with Crippen LogP contribution in [0.3, 0.4) is 0 Å². The highest BCUT2D eigenvalue weighted by atomic mass is 35.5. The number of nitrogens with two attached hydrogens (primary N) is 1. The van der Waals surface area contributed by atoms with Crippen molar-refractivity contribution in [1.29, 1.82) is 0 Å². The Hall–Kier alpha value is -1.10. The lowest BCUT2D eigenvalue weighted by molar-refractivity contribution is -0.132. The predicted molar refractivity (Wildman–Crippen MR) is 82.0 cm³/mol. The molecule has 1 aromatic rings. The molecule has 1 saturated heterocycles. The summed E-state index contributed by atoms with van der Waals surface area (Å²) in [7, 11) is 1.80. The van der Waals surface area contributed by atoms with Gasteiger partial charge in [-0.05, 0) is 24.8 Å². The van der Waals surface area contributed by atoms with Gasteiger partial charge in [0.05, 0.1) is 12.1 Å². The molecule has 1 fully saturated rings. The summed E-state index contributed by atoms with van der Waals surface area (Å²) in [6.07, 6.45) is 2.88. The molecule has 112 valence electrons. The lowest BCUT2D eigenvalue weighted by atomic mass is 10.1. The van der Waals surface area contributed by atoms with Crippen LogP contribution in [-0.2, 0) is 16.0 Å². The molecule has 0 aliphatic carbocycles. The number of carbonyl (C=O) groups is 1. The monoisotopic (exact) mass is 298 g/mol. The zero-order valence-electron chi connectivity index (χ0n) is 11.8. The van der Waals surface area contributed by atoms with Crippen molar-refractivity contribution in [1.82, 2.24) is 4.90 Å². The van der Waals surface area contributed by atoms with Crippen molar-refractivity contribution in [3.05, 3.63) is 35.9 Å². The van der Waals surface area contributed by atoms with E-state index in [-0.39, 0.29) is 24.4 Å². The molecule has 0 bridgehead atoms. The van der Waals surface area contributed by atoms with Crippen molar-refractivity contribution < 1.29 is 9.53 Å². The Morgan fingerprint density at radius 2 is 2.15 bits per heavy atom. The highest BCUT2D eigenvalue weighted by Crippen LogP contribution is 2.13. The van der Waals surface area contributed by atoms with Crippen LogP contribution in [-0.4, -0.2) is 43.2 Å². The molecule has 2 N–H and O–H groups in total. The quantitative estimate of drug-likeness (QED) is 0.898. The first kappa shape index (κ1) is 17.0. The Bertz CT molecular complexity index is 408. The number of nitrogens with zero attached hydrogens (tertiary/aromatic N) is 1. The fourth-order valence-corrected chi connectivity index (χ4v) is 2.42. The van der Waals surface area contributed by atoms with E-state index in [9.17, 15) is 4.79 Å². The molecule has 1 amide bonds. The average Bonchev–Trinajstić information content (AvgIpc) is 2.91. The van der Waals surface area contributed by atoms with E-state index < -0.39 is 6.04 Å². The summed E-state index contributed by atoms with van der Waals surface area (Å²) in [5, 5.41) is 0. The summed E-state index contributed by atoms with van der Waals surface area (Å²) in [4.78, 5) is 13.9. The number of benzene rings is 1. The van der Waals surface area contributed by atoms with E-state index in [1.807, 2.05) is 30.3 Å². The van der Waals surface area contributed by atoms with Crippen molar-refractivity contribution in [2.75, 3.05) is 20.2 Å². The molecule has 1 unspecified atom stereocenters. The van der Waals surface area contributed by atoms with Gasteiger partial charge in [0.25, 0.3) is 0 Å². The maximum atomic E-state index is 12.2. The van der Waals surface area contributed by atoms with Crippen molar-refractivity contribution in [3.63, 3.8) is 0 Å². The van der Waals surface area contributed by atoms with Crippen molar-refractivity contribution >= 4 is 18.3 Å². The molecule has 20 heavy (non-hydrogen) atoms. The van der Waals surface area contributed by atoms with Gasteiger partial charge in [-0.2, -0.15) is 0 Å². The lowest BCUT2D eigenvalue weighted by Gasteiger charge is -2.24. The van der Waals surface area contributed by atoms with E-state index in [2.05, 4.69) is 0 Å². The SMILES string of the molecule is CN(CC1CCCO1)C(=O)[C@@H](N)Cc1ccccc1.Cl. The van der Waals surface area contributed by atoms with Crippen LogP contribution in [0, 0.1) is 0 Å². The molecule has 1 aliphatic rings. The number of ether oxygens (including phenoxy) is 1. The Labute approximate surface area is 126 Å². The van der Waals surface area contributed by atoms with Gasteiger partial charge >= 0.3 is 0 Å². The summed E-state index contributed by atoms with van der Waals surface area (Å²) < 4.78 is 5.54. The molecule has 2 atom stereocenters. The smallest absolute Gasteiger partial charge is 0.239 e. The van der Waals surface area contributed by atoms with E-state index in [4.69, 9.17) is 10.5 Å². The van der Waals surface area contributed by atoms with Crippen molar-refractivity contribution in [2.45, 2.75) is 31.4 Å². The third kappa shape index (κ3) is 4.78. The Kier molecular flexibility index (Phi) is 6.99. The number of halogens is 1. The first-order valence-corrected chi connectivity index (χ1v) is 6.83. The molecule has 0 aromatic heterocycles. The normalized spacial score (nSPS) is 19.2. The molecule has 1 aliphatic heterocycles. The van der Waals surface area contributed by atoms with Crippen LogP contribution >= 0.6 is 12.4 Å². The van der Waals surface area contributed by atoms with Crippen LogP contribution < -0.4 is 5.73 Å². The molecule has 0 radical (unpaired) electrons. The Balaban J connectivity index is 0.00000200. The molecule has 4 nitrogen and oxygen atoms in total. The minimum absolute atomic E-state index is 0. The van der Waals surface area contributed by atoms with E-state index in [1.165, 1.54) is 0 Å². The summed E-state index contributed by atoms with van der Waals surface area (Å²) in [5.41, 5.74) is 7.08. The number of likely N-dealkylation sites (N-methyl/N-ethyl adjacent to an activating group) is 1. The maximum Gasteiger partial charge on any atom is 0.239 e. The fourth-order valence-electron chi connectivity index (χ4n) is 2.42. The van der Waals surface area contributed by atoms with Gasteiger partial charge in [-0.1, -0.05) is 30.3 Å². The fraction of sp³-hybridized carbons (Fsp3) is 0.533. The van der Waals surface area contributed by atoms with Crippen LogP contribution in [0.25, 0.3) is 0 Å². The molecule has 1 aromatic carbocycles. The molecule has 0 saturated carbocycles. The van der Waals surface area contributed by atoms with Crippen LogP contribution in [0.2, 0.25) is 0 Å². The number of hydrogen-bond donors (Lipinski definition) is 1. The highest BCUT2D eigenvalue weighted by Gasteiger charge is 2.23. The summed E-state index contributed by atoms with van der Waals surface area (Å²) >= 11 is 0. The van der Waals surface area contributed by atoms with Crippen LogP contribution in [0.15, 0.2) is 30.3 Å². The van der Waals surface area contributed by atoms with Gasteiger partial charge < -0.3 is 15.4 Å². The Morgan fingerprint density at radius 1 is 1.45 bits per heavy atom. The predicted octanol–water partition coefficient (Wildman–Crippen LogP) is 1.62. The molecule has 0 spiro atoms. The zero-order valence-corrected chi connectivity index (χ0v) is 12.6. The second-order valence-electron chi connectivity index (χ2n) is 5.15. The molecular weight excluding hydrogens is 276 g/mol. The number of hydrogen-bond acceptors (Lipinski definition) is 3. The summed E-state index contributed by atoms with van der Waals surface area (Å²) in [5.74, 6) is -0.0145. The van der Waals surface area contributed by atoms with E-state index in [1.54, 1.807) is 11.9 Å². The lowest BCUT2D eigenvalue weighted by Crippen LogP contribution is -2.45. The van der Waals surface area contributed by atoms with Gasteiger partial charge in [0.2, 0.25) is 5.91 Å². The molecule has 1 heterocycles. The number of carbonyl (C=O) groups excluding carboxylic acids is 1. The maximum absolute atomic E-state index is 12.2. The average molecular weight is 299 g/mol. The van der Waals surface area contributed by atoms with Gasteiger partial charge in [-0.3, -0.25) is 4.79 Å². The van der Waals surface area contributed by atoms with E-state index in [0.29, 0.717) is 13.0 Å². The zero-order chi connectivity index (χ0) is 13.7. The van der Waals surface area contributed by atoms with Crippen LogP contribution in [0.4, 0.5) is 0 Å². The van der Waals surface area contributed by atoms with Gasteiger partial charge in [-0.15, -0.1) is 12.4 Å². The Morgan fingerprint density at radius 3 is 2.75 bits per heavy atom. The highest BCUT2D eigenvalue weighted by molar-refractivity contribution is 5.85. The third-order valence-corrected chi connectivity index (χ3v) is 3.49. The second kappa shape index (κ2) is 8.25. The third-order valence-electron chi connectivity index (χ3n) is 3.49. The largest absolute Gasteiger partial charge is 0.376 e. The minimum Gasteiger partial charge on any atom is -0.376 e.